The van der Waals surface area contributed by atoms with Gasteiger partial charge in [-0.15, -0.1) is 0 Å². The molecule has 0 fully saturated rings. The van der Waals surface area contributed by atoms with Crippen LogP contribution in [-0.2, 0) is 11.2 Å². The number of rotatable bonds is 7. The molecule has 1 aromatic heterocycles. The van der Waals surface area contributed by atoms with Crippen molar-refractivity contribution in [1.29, 1.82) is 0 Å². The third-order valence-corrected chi connectivity index (χ3v) is 3.09. The van der Waals surface area contributed by atoms with E-state index in [9.17, 15) is 0 Å². The molecule has 1 aromatic rings. The van der Waals surface area contributed by atoms with E-state index in [-0.39, 0.29) is 0 Å². The van der Waals surface area contributed by atoms with Gasteiger partial charge in [0.05, 0.1) is 6.26 Å². The van der Waals surface area contributed by atoms with E-state index < -0.39 is 0 Å². The largest absolute Gasteiger partial charge is 0.469 e. The topological polar surface area (TPSA) is 34.4 Å². The predicted octanol–water partition coefficient (Wildman–Crippen LogP) is 2.78. The van der Waals surface area contributed by atoms with Crippen molar-refractivity contribution >= 4 is 0 Å². The zero-order valence-corrected chi connectivity index (χ0v) is 10.7. The molecule has 0 aliphatic carbocycles. The van der Waals surface area contributed by atoms with Crippen LogP contribution in [0, 0.1) is 5.92 Å². The molecule has 1 N–H and O–H groups in total. The second-order valence-corrected chi connectivity index (χ2v) is 4.18. The Bertz CT molecular complexity index is 296. The second kappa shape index (κ2) is 6.71. The Labute approximate surface area is 98.2 Å². The minimum Gasteiger partial charge on any atom is -0.469 e. The smallest absolute Gasteiger partial charge is 0.108 e. The highest BCUT2D eigenvalue weighted by atomic mass is 16.5. The fraction of sp³-hybridized carbons (Fsp3) is 0.692. The fourth-order valence-corrected chi connectivity index (χ4v) is 2.13. The van der Waals surface area contributed by atoms with Gasteiger partial charge in [0.25, 0.3) is 0 Å². The summed E-state index contributed by atoms with van der Waals surface area (Å²) in [6, 6.07) is 2.42. The van der Waals surface area contributed by atoms with E-state index in [1.165, 1.54) is 5.56 Å². The van der Waals surface area contributed by atoms with Gasteiger partial charge in [0.1, 0.15) is 5.76 Å². The van der Waals surface area contributed by atoms with Gasteiger partial charge in [-0.3, -0.25) is 0 Å². The number of nitrogens with one attached hydrogen (secondary N) is 1. The lowest BCUT2D eigenvalue weighted by atomic mass is 9.92. The summed E-state index contributed by atoms with van der Waals surface area (Å²) in [5.74, 6) is 1.62. The molecule has 0 amide bonds. The minimum atomic E-state index is 0.351. The minimum absolute atomic E-state index is 0.351. The summed E-state index contributed by atoms with van der Waals surface area (Å²) in [6.07, 6.45) is 3.77. The van der Waals surface area contributed by atoms with Crippen molar-refractivity contribution in [1.82, 2.24) is 5.32 Å². The Hall–Kier alpha value is -0.800. The molecule has 0 aliphatic heterocycles. The molecule has 92 valence electrons. The van der Waals surface area contributed by atoms with Crippen LogP contribution in [0.5, 0.6) is 0 Å². The Morgan fingerprint density at radius 1 is 1.50 bits per heavy atom. The maximum Gasteiger partial charge on any atom is 0.108 e. The van der Waals surface area contributed by atoms with Gasteiger partial charge in [-0.05, 0) is 25.5 Å². The van der Waals surface area contributed by atoms with E-state index in [0.29, 0.717) is 12.0 Å². The molecular weight excluding hydrogens is 202 g/mol. The number of ether oxygens (including phenoxy) is 1. The summed E-state index contributed by atoms with van der Waals surface area (Å²) < 4.78 is 10.6. The van der Waals surface area contributed by atoms with Crippen LogP contribution in [-0.4, -0.2) is 20.8 Å². The monoisotopic (exact) mass is 225 g/mol. The van der Waals surface area contributed by atoms with Crippen molar-refractivity contribution < 1.29 is 9.15 Å². The third-order valence-electron chi connectivity index (χ3n) is 3.09. The summed E-state index contributed by atoms with van der Waals surface area (Å²) in [5.41, 5.74) is 1.29. The average molecular weight is 225 g/mol. The van der Waals surface area contributed by atoms with E-state index in [1.54, 1.807) is 13.4 Å². The summed E-state index contributed by atoms with van der Waals surface area (Å²) in [4.78, 5) is 0. The van der Waals surface area contributed by atoms with Crippen LogP contribution < -0.4 is 5.32 Å². The molecule has 16 heavy (non-hydrogen) atoms. The first kappa shape index (κ1) is 13.3. The second-order valence-electron chi connectivity index (χ2n) is 4.18. The van der Waals surface area contributed by atoms with Crippen molar-refractivity contribution in [2.24, 2.45) is 5.92 Å². The summed E-state index contributed by atoms with van der Waals surface area (Å²) in [6.45, 7) is 5.17. The molecule has 1 rings (SSSR count). The van der Waals surface area contributed by atoms with E-state index >= 15 is 0 Å². The standard InChI is InChI=1S/C13H23NO2/c1-5-12-11(7-9-16-12)13(14-3)10(2)6-8-15-4/h7,9-10,13-14H,5-6,8H2,1-4H3. The van der Waals surface area contributed by atoms with Crippen LogP contribution in [0.25, 0.3) is 0 Å². The van der Waals surface area contributed by atoms with Crippen molar-refractivity contribution in [3.8, 4) is 0 Å². The summed E-state index contributed by atoms with van der Waals surface area (Å²) >= 11 is 0. The predicted molar refractivity (Wildman–Crippen MR) is 65.5 cm³/mol. The van der Waals surface area contributed by atoms with Gasteiger partial charge in [-0.25, -0.2) is 0 Å². The van der Waals surface area contributed by atoms with Crippen molar-refractivity contribution in [3.05, 3.63) is 23.7 Å². The zero-order chi connectivity index (χ0) is 12.0. The van der Waals surface area contributed by atoms with Crippen LogP contribution >= 0.6 is 0 Å². The molecule has 0 saturated carbocycles. The maximum absolute atomic E-state index is 5.48. The summed E-state index contributed by atoms with van der Waals surface area (Å²) in [7, 11) is 3.75. The van der Waals surface area contributed by atoms with Crippen LogP contribution in [0.4, 0.5) is 0 Å². The summed E-state index contributed by atoms with van der Waals surface area (Å²) in [5, 5.41) is 3.37. The SMILES string of the molecule is CCc1occc1C(NC)C(C)CCOC. The van der Waals surface area contributed by atoms with Crippen LogP contribution in [0.1, 0.15) is 37.6 Å². The Morgan fingerprint density at radius 3 is 2.81 bits per heavy atom. The molecule has 0 radical (unpaired) electrons. The zero-order valence-electron chi connectivity index (χ0n) is 10.7. The molecule has 2 atom stereocenters. The first-order valence-electron chi connectivity index (χ1n) is 5.97. The Morgan fingerprint density at radius 2 is 2.25 bits per heavy atom. The lowest BCUT2D eigenvalue weighted by molar-refractivity contribution is 0.171. The van der Waals surface area contributed by atoms with Gasteiger partial charge in [0, 0.05) is 31.7 Å². The van der Waals surface area contributed by atoms with Gasteiger partial charge >= 0.3 is 0 Å². The van der Waals surface area contributed by atoms with Gasteiger partial charge in [0.2, 0.25) is 0 Å². The van der Waals surface area contributed by atoms with E-state index in [0.717, 1.165) is 25.2 Å². The Kier molecular flexibility index (Phi) is 5.56. The lowest BCUT2D eigenvalue weighted by Gasteiger charge is -2.23. The normalized spacial score (nSPS) is 15.0. The van der Waals surface area contributed by atoms with Crippen LogP contribution in [0.15, 0.2) is 16.7 Å². The van der Waals surface area contributed by atoms with Crippen molar-refractivity contribution in [2.75, 3.05) is 20.8 Å². The highest BCUT2D eigenvalue weighted by molar-refractivity contribution is 5.22. The van der Waals surface area contributed by atoms with Gasteiger partial charge in [-0.2, -0.15) is 0 Å². The molecule has 2 unspecified atom stereocenters. The molecule has 0 spiro atoms. The first-order chi connectivity index (χ1) is 7.74. The van der Waals surface area contributed by atoms with Gasteiger partial charge < -0.3 is 14.5 Å². The van der Waals surface area contributed by atoms with E-state index in [1.807, 2.05) is 7.05 Å². The lowest BCUT2D eigenvalue weighted by Crippen LogP contribution is -2.24. The first-order valence-corrected chi connectivity index (χ1v) is 5.97. The van der Waals surface area contributed by atoms with Gasteiger partial charge in [0.15, 0.2) is 0 Å². The van der Waals surface area contributed by atoms with Crippen LogP contribution in [0.3, 0.4) is 0 Å². The molecule has 0 aromatic carbocycles. The molecule has 0 aliphatic rings. The molecule has 3 heteroatoms. The fourth-order valence-electron chi connectivity index (χ4n) is 2.13. The highest BCUT2D eigenvalue weighted by Crippen LogP contribution is 2.28. The number of aryl methyl sites for hydroxylation is 1. The van der Waals surface area contributed by atoms with Gasteiger partial charge in [-0.1, -0.05) is 13.8 Å². The van der Waals surface area contributed by atoms with E-state index in [2.05, 4.69) is 25.2 Å². The maximum atomic E-state index is 5.48. The molecule has 0 bridgehead atoms. The van der Waals surface area contributed by atoms with Crippen LogP contribution in [0.2, 0.25) is 0 Å². The average Bonchev–Trinajstić information content (AvgIpc) is 2.75. The quantitative estimate of drug-likeness (QED) is 0.775. The molecule has 1 heterocycles. The number of furan rings is 1. The number of hydrogen-bond donors (Lipinski definition) is 1. The van der Waals surface area contributed by atoms with Crippen molar-refractivity contribution in [3.63, 3.8) is 0 Å². The highest BCUT2D eigenvalue weighted by Gasteiger charge is 2.21. The molecular formula is C13H23NO2. The molecule has 0 saturated heterocycles. The Balaban J connectivity index is 2.73. The van der Waals surface area contributed by atoms with E-state index in [4.69, 9.17) is 9.15 Å². The van der Waals surface area contributed by atoms with Crippen molar-refractivity contribution in [2.45, 2.75) is 32.7 Å². The number of hydrogen-bond acceptors (Lipinski definition) is 3. The number of methoxy groups -OCH3 is 1. The third kappa shape index (κ3) is 3.09. The molecule has 3 nitrogen and oxygen atoms in total.